The molecular formula is C16H28ClN5O3S2. The van der Waals surface area contributed by atoms with Crippen molar-refractivity contribution in [2.24, 2.45) is 27.5 Å². The smallest absolute Gasteiger partial charge is 0.272 e. The molecule has 154 valence electrons. The van der Waals surface area contributed by atoms with Crippen LogP contribution in [0.1, 0.15) is 39.5 Å². The largest absolute Gasteiger partial charge is 0.330 e. The van der Waals surface area contributed by atoms with Crippen LogP contribution in [0.2, 0.25) is 5.02 Å². The number of rotatable bonds is 10. The molecule has 0 aliphatic rings. The quantitative estimate of drug-likeness (QED) is 0.407. The Morgan fingerprint density at radius 3 is 2.48 bits per heavy atom. The number of hydrogen-bond acceptors (Lipinski definition) is 7. The molecule has 0 spiro atoms. The van der Waals surface area contributed by atoms with Crippen LogP contribution in [0, 0.1) is 5.92 Å². The van der Waals surface area contributed by atoms with Crippen LogP contribution in [-0.4, -0.2) is 34.7 Å². The molecule has 0 bridgehead atoms. The summed E-state index contributed by atoms with van der Waals surface area (Å²) in [5, 5.41) is 1.87. The van der Waals surface area contributed by atoms with Crippen LogP contribution in [0.5, 0.6) is 0 Å². The molecule has 1 unspecified atom stereocenters. The maximum atomic E-state index is 13.3. The van der Waals surface area contributed by atoms with Crippen LogP contribution >= 0.6 is 22.9 Å². The van der Waals surface area contributed by atoms with E-state index in [1.54, 1.807) is 0 Å². The number of halogens is 1. The van der Waals surface area contributed by atoms with E-state index in [9.17, 15) is 13.8 Å². The number of carbonyl (C=O) groups is 2. The van der Waals surface area contributed by atoms with Gasteiger partial charge in [-0.05, 0) is 37.8 Å². The summed E-state index contributed by atoms with van der Waals surface area (Å²) in [6, 6.07) is -0.390. The first-order valence-electron chi connectivity index (χ1n) is 8.67. The van der Waals surface area contributed by atoms with E-state index in [0.717, 1.165) is 17.8 Å². The van der Waals surface area contributed by atoms with Crippen molar-refractivity contribution in [2.45, 2.75) is 55.8 Å². The molecule has 0 aromatic carbocycles. The molecule has 0 saturated heterocycles. The highest BCUT2D eigenvalue weighted by molar-refractivity contribution is 7.94. The topological polar surface area (TPSA) is 154 Å². The summed E-state index contributed by atoms with van der Waals surface area (Å²) in [6.45, 7) is 4.31. The highest BCUT2D eigenvalue weighted by atomic mass is 35.5. The number of nitrogens with two attached hydrogens (primary N) is 3. The Balaban J connectivity index is 3.10. The second kappa shape index (κ2) is 11.1. The summed E-state index contributed by atoms with van der Waals surface area (Å²) in [7, 11) is -3.58. The van der Waals surface area contributed by atoms with Crippen LogP contribution in [-0.2, 0) is 19.5 Å². The molecule has 8 nitrogen and oxygen atoms in total. The van der Waals surface area contributed by atoms with Crippen molar-refractivity contribution in [3.8, 4) is 0 Å². The van der Waals surface area contributed by atoms with Crippen LogP contribution in [0.4, 0.5) is 0 Å². The fourth-order valence-corrected chi connectivity index (χ4v) is 5.32. The van der Waals surface area contributed by atoms with Crippen LogP contribution in [0.25, 0.3) is 0 Å². The van der Waals surface area contributed by atoms with E-state index in [-0.39, 0.29) is 10.1 Å². The third kappa shape index (κ3) is 7.84. The van der Waals surface area contributed by atoms with Gasteiger partial charge in [0, 0.05) is 5.38 Å². The highest BCUT2D eigenvalue weighted by Crippen LogP contribution is 2.25. The first-order valence-corrected chi connectivity index (χ1v) is 11.4. The lowest BCUT2D eigenvalue weighted by molar-refractivity contribution is -0.120. The zero-order valence-corrected chi connectivity index (χ0v) is 17.9. The van der Waals surface area contributed by atoms with Gasteiger partial charge >= 0.3 is 0 Å². The van der Waals surface area contributed by atoms with E-state index in [1.807, 2.05) is 13.8 Å². The van der Waals surface area contributed by atoms with Gasteiger partial charge in [-0.2, -0.15) is 0 Å². The number of carbonyl (C=O) groups excluding carboxylic acids is 2. The lowest BCUT2D eigenvalue weighted by Gasteiger charge is -2.16. The van der Waals surface area contributed by atoms with Gasteiger partial charge < -0.3 is 17.2 Å². The van der Waals surface area contributed by atoms with Crippen molar-refractivity contribution in [2.75, 3.05) is 6.54 Å². The van der Waals surface area contributed by atoms with Gasteiger partial charge in [-0.1, -0.05) is 31.9 Å². The Hall–Kier alpha value is -1.04. The van der Waals surface area contributed by atoms with Gasteiger partial charge in [0.25, 0.3) is 5.91 Å². The monoisotopic (exact) mass is 437 g/mol. The summed E-state index contributed by atoms with van der Waals surface area (Å²) < 4.78 is 19.6. The van der Waals surface area contributed by atoms with Gasteiger partial charge in [-0.15, -0.1) is 15.7 Å². The van der Waals surface area contributed by atoms with Crippen LogP contribution in [0.15, 0.2) is 20.0 Å². The third-order valence-electron chi connectivity index (χ3n) is 3.62. The minimum atomic E-state index is -3.58. The zero-order valence-electron chi connectivity index (χ0n) is 15.5. The molecule has 0 aliphatic heterocycles. The SMILES string of the molecule is CC(C)C[C@H](N)C(=O)N=S(=O)(NC(=O)[C@@H](N)CCCCN)c1cc(Cl)cs1. The van der Waals surface area contributed by atoms with Crippen molar-refractivity contribution < 1.29 is 13.8 Å². The molecule has 1 heterocycles. The average Bonchev–Trinajstić information content (AvgIpc) is 3.01. The van der Waals surface area contributed by atoms with E-state index in [2.05, 4.69) is 9.08 Å². The number of amides is 2. The predicted molar refractivity (Wildman–Crippen MR) is 110 cm³/mol. The van der Waals surface area contributed by atoms with Crippen molar-refractivity contribution in [1.29, 1.82) is 0 Å². The summed E-state index contributed by atoms with van der Waals surface area (Å²) in [5.41, 5.74) is 17.1. The molecule has 3 atom stereocenters. The Kier molecular flexibility index (Phi) is 9.85. The molecule has 1 aromatic heterocycles. The van der Waals surface area contributed by atoms with Crippen molar-refractivity contribution in [1.82, 2.24) is 4.72 Å². The highest BCUT2D eigenvalue weighted by Gasteiger charge is 2.25. The summed E-state index contributed by atoms with van der Waals surface area (Å²) in [6.07, 6.45) is 2.15. The Labute approximate surface area is 169 Å². The minimum absolute atomic E-state index is 0.164. The van der Waals surface area contributed by atoms with Gasteiger partial charge in [0.15, 0.2) is 9.92 Å². The van der Waals surface area contributed by atoms with Crippen molar-refractivity contribution in [3.05, 3.63) is 16.5 Å². The van der Waals surface area contributed by atoms with Gasteiger partial charge in [0.1, 0.15) is 4.21 Å². The average molecular weight is 438 g/mol. The van der Waals surface area contributed by atoms with Gasteiger partial charge in [-0.3, -0.25) is 14.3 Å². The molecule has 27 heavy (non-hydrogen) atoms. The Morgan fingerprint density at radius 2 is 1.96 bits per heavy atom. The van der Waals surface area contributed by atoms with E-state index in [1.165, 1.54) is 11.4 Å². The van der Waals surface area contributed by atoms with Gasteiger partial charge in [0.2, 0.25) is 5.91 Å². The lowest BCUT2D eigenvalue weighted by Crippen LogP contribution is -2.44. The molecule has 0 radical (unpaired) electrons. The second-order valence-corrected chi connectivity index (χ2v) is 10.1. The van der Waals surface area contributed by atoms with Crippen molar-refractivity contribution >= 4 is 44.7 Å². The van der Waals surface area contributed by atoms with Crippen molar-refractivity contribution in [3.63, 3.8) is 0 Å². The fourth-order valence-electron chi connectivity index (χ4n) is 2.21. The molecule has 1 rings (SSSR count). The molecule has 0 saturated carbocycles. The summed E-state index contributed by atoms with van der Waals surface area (Å²) in [4.78, 5) is 24.7. The maximum absolute atomic E-state index is 13.3. The van der Waals surface area contributed by atoms with Crippen LogP contribution in [0.3, 0.4) is 0 Å². The molecular weight excluding hydrogens is 410 g/mol. The summed E-state index contributed by atoms with van der Waals surface area (Å²) in [5.74, 6) is -1.23. The fraction of sp³-hybridized carbons (Fsp3) is 0.625. The number of hydrogen-bond donors (Lipinski definition) is 4. The zero-order chi connectivity index (χ0) is 20.6. The van der Waals surface area contributed by atoms with Gasteiger partial charge in [-0.25, -0.2) is 4.21 Å². The number of nitrogens with one attached hydrogen (secondary N) is 1. The maximum Gasteiger partial charge on any atom is 0.272 e. The van der Waals surface area contributed by atoms with E-state index >= 15 is 0 Å². The molecule has 1 aromatic rings. The molecule has 11 heteroatoms. The first-order chi connectivity index (χ1) is 12.6. The Morgan fingerprint density at radius 1 is 1.30 bits per heavy atom. The standard InChI is InChI=1S/C16H28ClN5O3S2/c1-10(2)7-13(20)16(24)22-27(25,14-8-11(17)9-26-14)21-15(23)12(19)5-3-4-6-18/h8-10,12-13H,3-7,18-20H2,1-2H3,(H,21,22,23,24,25)/t12-,13-,27?/m0/s1. The number of unbranched alkanes of at least 4 members (excludes halogenated alkanes) is 1. The summed E-state index contributed by atoms with van der Waals surface area (Å²) >= 11 is 6.94. The van der Waals surface area contributed by atoms with E-state index < -0.39 is 33.8 Å². The van der Waals surface area contributed by atoms with E-state index in [0.29, 0.717) is 30.8 Å². The lowest BCUT2D eigenvalue weighted by atomic mass is 10.0. The van der Waals surface area contributed by atoms with Gasteiger partial charge in [0.05, 0.1) is 17.1 Å². The van der Waals surface area contributed by atoms with Crippen LogP contribution < -0.4 is 21.9 Å². The molecule has 0 aliphatic carbocycles. The normalized spacial score (nSPS) is 15.8. The predicted octanol–water partition coefficient (Wildman–Crippen LogP) is 1.62. The molecule has 7 N–H and O–H groups in total. The molecule has 2 amide bonds. The number of nitrogens with zero attached hydrogens (tertiary/aromatic N) is 1. The minimum Gasteiger partial charge on any atom is -0.330 e. The molecule has 0 fully saturated rings. The third-order valence-corrected chi connectivity index (χ3v) is 7.24. The second-order valence-electron chi connectivity index (χ2n) is 6.63. The first kappa shape index (κ1) is 24.0. The Bertz CT molecular complexity index is 759. The number of thiophene rings is 1. The van der Waals surface area contributed by atoms with E-state index in [4.69, 9.17) is 28.8 Å².